The predicted octanol–water partition coefficient (Wildman–Crippen LogP) is 4.02. The number of fused-ring (bicyclic) bond motifs is 1. The van der Waals surface area contributed by atoms with Crippen LogP contribution < -0.4 is 5.43 Å². The molecule has 0 fully saturated rings. The molecule has 2 aromatic rings. The van der Waals surface area contributed by atoms with Gasteiger partial charge in [0.05, 0.1) is 5.39 Å². The highest BCUT2D eigenvalue weighted by atomic mass is 16.3. The molecule has 3 nitrogen and oxygen atoms in total. The van der Waals surface area contributed by atoms with Crippen LogP contribution in [0.2, 0.25) is 0 Å². The molecule has 2 rings (SSSR count). The van der Waals surface area contributed by atoms with Crippen LogP contribution >= 0.6 is 0 Å². The Kier molecular flexibility index (Phi) is 3.65. The Hall–Kier alpha value is -1.77. The van der Waals surface area contributed by atoms with Crippen molar-refractivity contribution < 1.29 is 9.52 Å². The summed E-state index contributed by atoms with van der Waals surface area (Å²) in [7, 11) is 0. The first-order chi connectivity index (χ1) is 9.01. The Bertz CT molecular complexity index is 664. The lowest BCUT2D eigenvalue weighted by Gasteiger charge is -2.15. The molecule has 0 saturated heterocycles. The van der Waals surface area contributed by atoms with Crippen LogP contribution in [0.3, 0.4) is 0 Å². The van der Waals surface area contributed by atoms with Gasteiger partial charge in [-0.1, -0.05) is 13.8 Å². The van der Waals surface area contributed by atoms with Crippen molar-refractivity contribution in [1.29, 1.82) is 0 Å². The van der Waals surface area contributed by atoms with E-state index in [-0.39, 0.29) is 17.1 Å². The van der Waals surface area contributed by atoms with E-state index in [1.54, 1.807) is 19.1 Å². The van der Waals surface area contributed by atoms with E-state index < -0.39 is 0 Å². The average molecular weight is 260 g/mol. The van der Waals surface area contributed by atoms with E-state index >= 15 is 0 Å². The molecule has 0 aliphatic carbocycles. The van der Waals surface area contributed by atoms with Crippen LogP contribution in [0.4, 0.5) is 0 Å². The van der Waals surface area contributed by atoms with Crippen molar-refractivity contribution in [2.75, 3.05) is 0 Å². The molecule has 0 aliphatic rings. The second-order valence-corrected chi connectivity index (χ2v) is 5.02. The zero-order valence-electron chi connectivity index (χ0n) is 11.9. The third-order valence-electron chi connectivity index (χ3n) is 3.90. The van der Waals surface area contributed by atoms with Gasteiger partial charge >= 0.3 is 0 Å². The second-order valence-electron chi connectivity index (χ2n) is 5.02. The summed E-state index contributed by atoms with van der Waals surface area (Å²) in [5.41, 5.74) is 1.83. The van der Waals surface area contributed by atoms with E-state index in [0.29, 0.717) is 22.1 Å². The molecular formula is C16H20O3. The molecule has 1 aromatic heterocycles. The summed E-state index contributed by atoms with van der Waals surface area (Å²) in [6, 6.07) is 3.18. The molecule has 1 aromatic carbocycles. The number of aromatic hydroxyl groups is 1. The molecule has 1 heterocycles. The summed E-state index contributed by atoms with van der Waals surface area (Å²) in [4.78, 5) is 12.4. The number of hydrogen-bond acceptors (Lipinski definition) is 3. The molecule has 0 atom stereocenters. The van der Waals surface area contributed by atoms with E-state index in [1.807, 2.05) is 6.92 Å². The largest absolute Gasteiger partial charge is 0.508 e. The lowest BCUT2D eigenvalue weighted by atomic mass is 9.95. The topological polar surface area (TPSA) is 50.4 Å². The fourth-order valence-corrected chi connectivity index (χ4v) is 2.54. The minimum Gasteiger partial charge on any atom is -0.508 e. The number of phenols is 1. The van der Waals surface area contributed by atoms with E-state index in [9.17, 15) is 9.90 Å². The third kappa shape index (κ3) is 2.14. The number of hydrogen-bond donors (Lipinski definition) is 1. The monoisotopic (exact) mass is 260 g/mol. The zero-order valence-corrected chi connectivity index (χ0v) is 11.9. The van der Waals surface area contributed by atoms with Gasteiger partial charge in [0.1, 0.15) is 17.1 Å². The minimum absolute atomic E-state index is 0.00579. The molecule has 19 heavy (non-hydrogen) atoms. The molecule has 0 bridgehead atoms. The maximum atomic E-state index is 12.4. The van der Waals surface area contributed by atoms with Crippen molar-refractivity contribution in [3.8, 4) is 5.75 Å². The molecule has 0 spiro atoms. The molecule has 0 radical (unpaired) electrons. The van der Waals surface area contributed by atoms with Crippen molar-refractivity contribution in [3.05, 3.63) is 39.2 Å². The predicted molar refractivity (Wildman–Crippen MR) is 76.9 cm³/mol. The van der Waals surface area contributed by atoms with Gasteiger partial charge in [-0.2, -0.15) is 0 Å². The smallest absolute Gasteiger partial charge is 0.195 e. The highest BCUT2D eigenvalue weighted by molar-refractivity contribution is 5.82. The maximum Gasteiger partial charge on any atom is 0.195 e. The second kappa shape index (κ2) is 5.08. The highest BCUT2D eigenvalue weighted by Crippen LogP contribution is 2.31. The van der Waals surface area contributed by atoms with Crippen molar-refractivity contribution >= 4 is 11.0 Å². The van der Waals surface area contributed by atoms with Gasteiger partial charge in [0.15, 0.2) is 5.43 Å². The molecule has 0 aliphatic heterocycles. The summed E-state index contributed by atoms with van der Waals surface area (Å²) in [5, 5.41) is 10.3. The molecule has 102 valence electrons. The summed E-state index contributed by atoms with van der Waals surface area (Å²) >= 11 is 0. The summed E-state index contributed by atoms with van der Waals surface area (Å²) < 4.78 is 5.97. The Morgan fingerprint density at radius 1 is 1.16 bits per heavy atom. The van der Waals surface area contributed by atoms with E-state index in [0.717, 1.165) is 18.6 Å². The zero-order chi connectivity index (χ0) is 14.2. The van der Waals surface area contributed by atoms with E-state index in [4.69, 9.17) is 4.42 Å². The van der Waals surface area contributed by atoms with Gasteiger partial charge in [-0.05, 0) is 38.8 Å². The quantitative estimate of drug-likeness (QED) is 0.906. The lowest BCUT2D eigenvalue weighted by molar-refractivity contribution is 0.447. The number of benzene rings is 1. The van der Waals surface area contributed by atoms with Gasteiger partial charge in [-0.15, -0.1) is 0 Å². The van der Waals surface area contributed by atoms with Crippen LogP contribution in [-0.4, -0.2) is 5.11 Å². The van der Waals surface area contributed by atoms with Crippen LogP contribution in [0.15, 0.2) is 21.3 Å². The molecule has 0 unspecified atom stereocenters. The Balaban J connectivity index is 2.85. The number of rotatable bonds is 3. The fraction of sp³-hybridized carbons (Fsp3) is 0.438. The number of aryl methyl sites for hydroxylation is 1. The maximum absolute atomic E-state index is 12.4. The number of phenolic OH excluding ortho intramolecular Hbond substituents is 1. The molecule has 0 saturated carbocycles. The Labute approximate surface area is 112 Å². The van der Waals surface area contributed by atoms with Gasteiger partial charge in [-0.3, -0.25) is 4.79 Å². The van der Waals surface area contributed by atoms with Crippen LogP contribution in [-0.2, 0) is 0 Å². The first-order valence-corrected chi connectivity index (χ1v) is 6.77. The van der Waals surface area contributed by atoms with Crippen molar-refractivity contribution in [2.45, 2.75) is 46.5 Å². The molecular weight excluding hydrogens is 240 g/mol. The Morgan fingerprint density at radius 3 is 2.37 bits per heavy atom. The molecule has 0 amide bonds. The van der Waals surface area contributed by atoms with Crippen LogP contribution in [0.25, 0.3) is 11.0 Å². The first-order valence-electron chi connectivity index (χ1n) is 6.77. The lowest BCUT2D eigenvalue weighted by Crippen LogP contribution is -2.12. The fourth-order valence-electron chi connectivity index (χ4n) is 2.54. The van der Waals surface area contributed by atoms with Gasteiger partial charge in [0.2, 0.25) is 0 Å². The Morgan fingerprint density at radius 2 is 1.79 bits per heavy atom. The summed E-state index contributed by atoms with van der Waals surface area (Å²) in [6.07, 6.45) is 1.87. The normalized spacial score (nSPS) is 11.4. The van der Waals surface area contributed by atoms with Crippen LogP contribution in [0, 0.1) is 13.8 Å². The molecule has 1 N–H and O–H groups in total. The van der Waals surface area contributed by atoms with Gasteiger partial charge < -0.3 is 9.52 Å². The van der Waals surface area contributed by atoms with Crippen LogP contribution in [0.5, 0.6) is 5.75 Å². The SMILES string of the molecule is CCC(CC)c1oc2c(C)c(O)ccc2c(=O)c1C. The third-order valence-corrected chi connectivity index (χ3v) is 3.90. The van der Waals surface area contributed by atoms with Crippen molar-refractivity contribution in [2.24, 2.45) is 0 Å². The average Bonchev–Trinajstić information content (AvgIpc) is 2.41. The van der Waals surface area contributed by atoms with Crippen LogP contribution in [0.1, 0.15) is 49.5 Å². The van der Waals surface area contributed by atoms with E-state index in [1.165, 1.54) is 0 Å². The van der Waals surface area contributed by atoms with E-state index in [2.05, 4.69) is 13.8 Å². The highest BCUT2D eigenvalue weighted by Gasteiger charge is 2.19. The van der Waals surface area contributed by atoms with Gasteiger partial charge in [0, 0.05) is 17.0 Å². The summed E-state index contributed by atoms with van der Waals surface area (Å²) in [6.45, 7) is 7.77. The van der Waals surface area contributed by atoms with Gasteiger partial charge in [-0.25, -0.2) is 0 Å². The van der Waals surface area contributed by atoms with Crippen molar-refractivity contribution in [1.82, 2.24) is 0 Å². The standard InChI is InChI=1S/C16H20O3/c1-5-11(6-2)15-10(4)14(18)12-7-8-13(17)9(3)16(12)19-15/h7-8,11,17H,5-6H2,1-4H3. The molecule has 3 heteroatoms. The van der Waals surface area contributed by atoms with Crippen molar-refractivity contribution in [3.63, 3.8) is 0 Å². The summed E-state index contributed by atoms with van der Waals surface area (Å²) in [5.74, 6) is 1.17. The minimum atomic E-state index is 0.00579. The first kappa shape index (κ1) is 13.7. The van der Waals surface area contributed by atoms with Gasteiger partial charge in [0.25, 0.3) is 0 Å².